The summed E-state index contributed by atoms with van der Waals surface area (Å²) in [5.41, 5.74) is 3.85. The Labute approximate surface area is 72.0 Å². The predicted molar refractivity (Wildman–Crippen MR) is 39.5 cm³/mol. The normalized spacial score (nSPS) is 10.8. The van der Waals surface area contributed by atoms with E-state index in [1.54, 1.807) is 0 Å². The van der Waals surface area contributed by atoms with Gasteiger partial charge in [0, 0.05) is 11.8 Å². The summed E-state index contributed by atoms with van der Waals surface area (Å²) in [7, 11) is 0. The number of hydrogen-bond acceptors (Lipinski definition) is 3. The Morgan fingerprint density at radius 3 is 2.62 bits per heavy atom. The van der Waals surface area contributed by atoms with E-state index in [0.29, 0.717) is 0 Å². The van der Waals surface area contributed by atoms with Gasteiger partial charge in [-0.15, -0.1) is 0 Å². The fourth-order valence-electron chi connectivity index (χ4n) is 0.915. The van der Waals surface area contributed by atoms with E-state index >= 15 is 0 Å². The van der Waals surface area contributed by atoms with Crippen LogP contribution in [0, 0.1) is 5.82 Å². The molecule has 0 saturated carbocycles. The van der Waals surface area contributed by atoms with Crippen LogP contribution in [0.3, 0.4) is 0 Å². The molecule has 0 unspecified atom stereocenters. The van der Waals surface area contributed by atoms with Crippen molar-refractivity contribution in [2.45, 2.75) is 13.0 Å². The number of nitrogens with two attached hydrogens (primary N) is 1. The number of pyridine rings is 1. The number of aromatic nitrogens is 1. The van der Waals surface area contributed by atoms with Crippen molar-refractivity contribution in [2.75, 3.05) is 5.73 Å². The van der Waals surface area contributed by atoms with Gasteiger partial charge in [-0.3, -0.25) is 0 Å². The van der Waals surface area contributed by atoms with Crippen molar-refractivity contribution >= 4 is 5.82 Å². The average Bonchev–Trinajstić information content (AvgIpc) is 2.08. The summed E-state index contributed by atoms with van der Waals surface area (Å²) in [6.07, 6.45) is -2.08. The molecular weight excluding hydrogens is 185 g/mol. The van der Waals surface area contributed by atoms with E-state index in [1.807, 2.05) is 0 Å². The molecule has 0 aliphatic heterocycles. The summed E-state index contributed by atoms with van der Waals surface area (Å²) in [6, 6.07) is 0. The second kappa shape index (κ2) is 3.61. The number of aliphatic hydroxyl groups is 1. The van der Waals surface area contributed by atoms with Gasteiger partial charge in [0.2, 0.25) is 0 Å². The molecule has 3 nitrogen and oxygen atoms in total. The average molecular weight is 192 g/mol. The Morgan fingerprint density at radius 1 is 1.54 bits per heavy atom. The highest BCUT2D eigenvalue weighted by Crippen LogP contribution is 2.27. The first-order valence-corrected chi connectivity index (χ1v) is 3.39. The van der Waals surface area contributed by atoms with E-state index in [9.17, 15) is 13.2 Å². The molecule has 1 heterocycles. The summed E-state index contributed by atoms with van der Waals surface area (Å²) in [4.78, 5) is 3.30. The van der Waals surface area contributed by atoms with Gasteiger partial charge < -0.3 is 10.8 Å². The third-order valence-corrected chi connectivity index (χ3v) is 1.56. The largest absolute Gasteiger partial charge is 0.392 e. The van der Waals surface area contributed by atoms with Crippen molar-refractivity contribution in [1.82, 2.24) is 4.98 Å². The lowest BCUT2D eigenvalue weighted by Crippen LogP contribution is -2.05. The van der Waals surface area contributed by atoms with Gasteiger partial charge in [-0.2, -0.15) is 0 Å². The van der Waals surface area contributed by atoms with Gasteiger partial charge in [-0.05, 0) is 0 Å². The molecule has 1 aromatic heterocycles. The van der Waals surface area contributed by atoms with Crippen LogP contribution in [0.25, 0.3) is 0 Å². The van der Waals surface area contributed by atoms with Crippen LogP contribution in [-0.2, 0) is 6.61 Å². The maximum atomic E-state index is 12.9. The molecule has 72 valence electrons. The first-order valence-electron chi connectivity index (χ1n) is 3.39. The highest BCUT2D eigenvalue weighted by Gasteiger charge is 2.20. The molecule has 0 aromatic carbocycles. The molecule has 0 radical (unpaired) electrons. The summed E-state index contributed by atoms with van der Waals surface area (Å²) in [5, 5.41) is 8.60. The molecule has 1 aromatic rings. The second-order valence-corrected chi connectivity index (χ2v) is 2.36. The molecule has 0 amide bonds. The number of hydrogen-bond donors (Lipinski definition) is 2. The Morgan fingerprint density at radius 2 is 2.15 bits per heavy atom. The van der Waals surface area contributed by atoms with E-state index in [1.165, 1.54) is 0 Å². The lowest BCUT2D eigenvalue weighted by atomic mass is 10.1. The number of nitrogen functional groups attached to an aromatic ring is 1. The van der Waals surface area contributed by atoms with Crippen LogP contribution in [0.4, 0.5) is 19.0 Å². The Kier molecular flexibility index (Phi) is 2.72. The standard InChI is InChI=1S/C7H7F3N2O/c8-5-4(6(9)10)3(2-13)1-12-7(5)11/h1,6,13H,2H2,(H2,11,12). The van der Waals surface area contributed by atoms with Crippen molar-refractivity contribution in [3.63, 3.8) is 0 Å². The van der Waals surface area contributed by atoms with Crippen molar-refractivity contribution in [2.24, 2.45) is 0 Å². The molecule has 0 fully saturated rings. The summed E-state index contributed by atoms with van der Waals surface area (Å²) in [6.45, 7) is -0.691. The van der Waals surface area contributed by atoms with Crippen molar-refractivity contribution in [3.05, 3.63) is 23.1 Å². The van der Waals surface area contributed by atoms with Crippen molar-refractivity contribution in [1.29, 1.82) is 0 Å². The van der Waals surface area contributed by atoms with Crippen LogP contribution in [0.15, 0.2) is 6.20 Å². The molecule has 0 spiro atoms. The van der Waals surface area contributed by atoms with Crippen LogP contribution < -0.4 is 5.73 Å². The number of rotatable bonds is 2. The Balaban J connectivity index is 3.32. The highest BCUT2D eigenvalue weighted by molar-refractivity contribution is 5.39. The molecule has 0 aliphatic rings. The molecule has 6 heteroatoms. The summed E-state index contributed by atoms with van der Waals surface area (Å²) in [5.74, 6) is -1.85. The fraction of sp³-hybridized carbons (Fsp3) is 0.286. The lowest BCUT2D eigenvalue weighted by Gasteiger charge is -2.08. The monoisotopic (exact) mass is 192 g/mol. The molecule has 13 heavy (non-hydrogen) atoms. The van der Waals surface area contributed by atoms with Gasteiger partial charge in [-0.1, -0.05) is 0 Å². The maximum absolute atomic E-state index is 12.9. The number of nitrogens with zero attached hydrogens (tertiary/aromatic N) is 1. The second-order valence-electron chi connectivity index (χ2n) is 2.36. The first-order chi connectivity index (χ1) is 6.07. The number of aliphatic hydroxyl groups excluding tert-OH is 1. The number of halogens is 3. The van der Waals surface area contributed by atoms with Gasteiger partial charge in [-0.25, -0.2) is 18.2 Å². The van der Waals surface area contributed by atoms with Crippen LogP contribution in [0.5, 0.6) is 0 Å². The van der Waals surface area contributed by atoms with Gasteiger partial charge >= 0.3 is 0 Å². The molecule has 3 N–H and O–H groups in total. The van der Waals surface area contributed by atoms with E-state index in [0.717, 1.165) is 6.20 Å². The van der Waals surface area contributed by atoms with Crippen LogP contribution in [0.2, 0.25) is 0 Å². The van der Waals surface area contributed by atoms with E-state index in [2.05, 4.69) is 4.98 Å². The third-order valence-electron chi connectivity index (χ3n) is 1.56. The molecule has 0 saturated heterocycles. The van der Waals surface area contributed by atoms with Gasteiger partial charge in [0.15, 0.2) is 11.6 Å². The topological polar surface area (TPSA) is 59.1 Å². The quantitative estimate of drug-likeness (QED) is 0.740. The van der Waals surface area contributed by atoms with E-state index in [-0.39, 0.29) is 5.56 Å². The van der Waals surface area contributed by atoms with Crippen molar-refractivity contribution < 1.29 is 18.3 Å². The van der Waals surface area contributed by atoms with E-state index < -0.39 is 30.2 Å². The van der Waals surface area contributed by atoms with Gasteiger partial charge in [0.05, 0.1) is 12.2 Å². The summed E-state index contributed by atoms with van der Waals surface area (Å²) < 4.78 is 37.4. The zero-order valence-corrected chi connectivity index (χ0v) is 6.47. The third kappa shape index (κ3) is 1.72. The first kappa shape index (κ1) is 9.79. The lowest BCUT2D eigenvalue weighted by molar-refractivity contribution is 0.142. The minimum absolute atomic E-state index is 0.248. The van der Waals surface area contributed by atoms with Crippen LogP contribution in [0.1, 0.15) is 17.6 Å². The summed E-state index contributed by atoms with van der Waals surface area (Å²) >= 11 is 0. The van der Waals surface area contributed by atoms with Gasteiger partial charge in [0.25, 0.3) is 6.43 Å². The van der Waals surface area contributed by atoms with Crippen LogP contribution >= 0.6 is 0 Å². The Bertz CT molecular complexity index is 317. The minimum atomic E-state index is -3.01. The molecule has 0 bridgehead atoms. The SMILES string of the molecule is Nc1ncc(CO)c(C(F)F)c1F. The smallest absolute Gasteiger partial charge is 0.267 e. The minimum Gasteiger partial charge on any atom is -0.392 e. The Hall–Kier alpha value is -1.30. The van der Waals surface area contributed by atoms with Crippen molar-refractivity contribution in [3.8, 4) is 0 Å². The molecule has 1 rings (SSSR count). The zero-order chi connectivity index (χ0) is 10.0. The highest BCUT2D eigenvalue weighted by atomic mass is 19.3. The molecular formula is C7H7F3N2O. The maximum Gasteiger partial charge on any atom is 0.267 e. The predicted octanol–water partition coefficient (Wildman–Crippen LogP) is 1.23. The fourth-order valence-corrected chi connectivity index (χ4v) is 0.915. The van der Waals surface area contributed by atoms with Gasteiger partial charge in [0.1, 0.15) is 0 Å². The molecule has 0 atom stereocenters. The molecule has 0 aliphatic carbocycles. The zero-order valence-electron chi connectivity index (χ0n) is 6.47. The van der Waals surface area contributed by atoms with E-state index in [4.69, 9.17) is 10.8 Å². The van der Waals surface area contributed by atoms with Crippen LogP contribution in [-0.4, -0.2) is 10.1 Å². The number of alkyl halides is 2. The number of anilines is 1.